The molecular weight excluding hydrogens is 175 g/mol. The molecule has 0 aliphatic heterocycles. The van der Waals surface area contributed by atoms with E-state index in [1.165, 1.54) is 0 Å². The van der Waals surface area contributed by atoms with Crippen LogP contribution in [0.1, 0.15) is 56.2 Å². The van der Waals surface area contributed by atoms with Gasteiger partial charge in [-0.2, -0.15) is 0 Å². The van der Waals surface area contributed by atoms with Gasteiger partial charge >= 0.3 is 0 Å². The molecule has 78 valence electrons. The maximum Gasteiger partial charge on any atom is 0.127 e. The molecule has 0 aromatic heterocycles. The van der Waals surface area contributed by atoms with Gasteiger partial charge in [-0.3, -0.25) is 0 Å². The molecule has 0 N–H and O–H groups in total. The molecule has 0 saturated carbocycles. The quantitative estimate of drug-likeness (QED) is 0.655. The van der Waals surface area contributed by atoms with E-state index in [-0.39, 0.29) is 11.7 Å². The molecule has 0 amide bonds. The first-order chi connectivity index (χ1) is 6.43. The Kier molecular flexibility index (Phi) is 3.30. The molecule has 0 bridgehead atoms. The molecule has 0 fully saturated rings. The van der Waals surface area contributed by atoms with E-state index in [0.29, 0.717) is 5.92 Å². The summed E-state index contributed by atoms with van der Waals surface area (Å²) in [6.07, 6.45) is 0. The van der Waals surface area contributed by atoms with Gasteiger partial charge in [-0.25, -0.2) is 4.39 Å². The molecule has 0 unspecified atom stereocenters. The van der Waals surface area contributed by atoms with Crippen molar-refractivity contribution < 1.29 is 4.39 Å². The molecular formula is C13H19F. The zero-order valence-corrected chi connectivity index (χ0v) is 9.69. The highest BCUT2D eigenvalue weighted by Crippen LogP contribution is 2.26. The summed E-state index contributed by atoms with van der Waals surface area (Å²) in [7, 11) is 0. The number of rotatable bonds is 2. The Morgan fingerprint density at radius 2 is 1.57 bits per heavy atom. The number of hydrogen-bond donors (Lipinski definition) is 0. The first kappa shape index (κ1) is 11.2. The molecule has 0 atom stereocenters. The predicted octanol–water partition coefficient (Wildman–Crippen LogP) is 4.38. The van der Waals surface area contributed by atoms with E-state index in [1.54, 1.807) is 6.07 Å². The fraction of sp³-hybridized carbons (Fsp3) is 0.538. The molecule has 0 saturated heterocycles. The van der Waals surface area contributed by atoms with E-state index in [1.807, 2.05) is 20.8 Å². The van der Waals surface area contributed by atoms with E-state index in [9.17, 15) is 4.39 Å². The standard InChI is InChI=1S/C13H19F/c1-8(2)11-6-10(5)13(9(3)4)12(14)7-11/h6-9H,1-5H3. The summed E-state index contributed by atoms with van der Waals surface area (Å²) in [5.74, 6) is 0.601. The second-order valence-electron chi connectivity index (χ2n) is 4.54. The van der Waals surface area contributed by atoms with Gasteiger partial charge in [0.15, 0.2) is 0 Å². The van der Waals surface area contributed by atoms with Crippen molar-refractivity contribution in [1.82, 2.24) is 0 Å². The Labute approximate surface area is 86.2 Å². The van der Waals surface area contributed by atoms with Gasteiger partial charge in [0.1, 0.15) is 5.82 Å². The number of hydrogen-bond acceptors (Lipinski definition) is 0. The van der Waals surface area contributed by atoms with Crippen LogP contribution in [0.15, 0.2) is 12.1 Å². The van der Waals surface area contributed by atoms with Gasteiger partial charge in [0.25, 0.3) is 0 Å². The molecule has 1 aromatic rings. The van der Waals surface area contributed by atoms with Crippen molar-refractivity contribution in [3.63, 3.8) is 0 Å². The van der Waals surface area contributed by atoms with Crippen molar-refractivity contribution in [3.8, 4) is 0 Å². The van der Waals surface area contributed by atoms with Crippen molar-refractivity contribution in [2.75, 3.05) is 0 Å². The van der Waals surface area contributed by atoms with E-state index in [2.05, 4.69) is 19.9 Å². The Morgan fingerprint density at radius 1 is 1.00 bits per heavy atom. The second-order valence-corrected chi connectivity index (χ2v) is 4.54. The SMILES string of the molecule is Cc1cc(C(C)C)cc(F)c1C(C)C. The Bertz CT molecular complexity index is 301. The zero-order chi connectivity index (χ0) is 10.9. The highest BCUT2D eigenvalue weighted by molar-refractivity contribution is 5.35. The lowest BCUT2D eigenvalue weighted by Crippen LogP contribution is -2.00. The Morgan fingerprint density at radius 3 is 1.93 bits per heavy atom. The van der Waals surface area contributed by atoms with Crippen LogP contribution in [0, 0.1) is 12.7 Å². The molecule has 1 aromatic carbocycles. The number of halogens is 1. The lowest BCUT2D eigenvalue weighted by Gasteiger charge is -2.14. The van der Waals surface area contributed by atoms with Crippen LogP contribution in [0.3, 0.4) is 0 Å². The minimum absolute atomic E-state index is 0.0521. The maximum absolute atomic E-state index is 13.7. The molecule has 1 rings (SSSR count). The minimum Gasteiger partial charge on any atom is -0.207 e. The topological polar surface area (TPSA) is 0 Å². The first-order valence-electron chi connectivity index (χ1n) is 5.23. The maximum atomic E-state index is 13.7. The van der Waals surface area contributed by atoms with Crippen molar-refractivity contribution in [1.29, 1.82) is 0 Å². The van der Waals surface area contributed by atoms with Crippen LogP contribution in [0.25, 0.3) is 0 Å². The first-order valence-corrected chi connectivity index (χ1v) is 5.23. The Balaban J connectivity index is 3.25. The molecule has 0 spiro atoms. The van der Waals surface area contributed by atoms with Gasteiger partial charge in [0, 0.05) is 0 Å². The molecule has 0 nitrogen and oxygen atoms in total. The molecule has 0 aliphatic carbocycles. The zero-order valence-electron chi connectivity index (χ0n) is 9.69. The fourth-order valence-corrected chi connectivity index (χ4v) is 1.85. The van der Waals surface area contributed by atoms with Crippen LogP contribution in [-0.2, 0) is 0 Å². The number of aryl methyl sites for hydroxylation is 1. The second kappa shape index (κ2) is 4.12. The summed E-state index contributed by atoms with van der Waals surface area (Å²) >= 11 is 0. The van der Waals surface area contributed by atoms with Crippen LogP contribution < -0.4 is 0 Å². The van der Waals surface area contributed by atoms with Crippen molar-refractivity contribution in [2.24, 2.45) is 0 Å². The van der Waals surface area contributed by atoms with E-state index in [0.717, 1.165) is 16.7 Å². The van der Waals surface area contributed by atoms with Crippen molar-refractivity contribution in [3.05, 3.63) is 34.6 Å². The fourth-order valence-electron chi connectivity index (χ4n) is 1.85. The largest absolute Gasteiger partial charge is 0.207 e. The van der Waals surface area contributed by atoms with E-state index < -0.39 is 0 Å². The summed E-state index contributed by atoms with van der Waals surface area (Å²) in [6, 6.07) is 3.77. The molecule has 1 heteroatoms. The van der Waals surface area contributed by atoms with Crippen LogP contribution in [0.4, 0.5) is 4.39 Å². The highest BCUT2D eigenvalue weighted by atomic mass is 19.1. The van der Waals surface area contributed by atoms with E-state index >= 15 is 0 Å². The summed E-state index contributed by atoms with van der Waals surface area (Å²) in [5.41, 5.74) is 3.02. The van der Waals surface area contributed by atoms with Crippen molar-refractivity contribution >= 4 is 0 Å². The molecule has 0 radical (unpaired) electrons. The minimum atomic E-state index is -0.0521. The van der Waals surface area contributed by atoms with Gasteiger partial charge in [-0.15, -0.1) is 0 Å². The van der Waals surface area contributed by atoms with Crippen LogP contribution in [-0.4, -0.2) is 0 Å². The normalized spacial score (nSPS) is 11.4. The van der Waals surface area contributed by atoms with Gasteiger partial charge in [-0.1, -0.05) is 33.8 Å². The summed E-state index contributed by atoms with van der Waals surface area (Å²) in [5, 5.41) is 0. The Hall–Kier alpha value is -0.850. The van der Waals surface area contributed by atoms with Crippen LogP contribution >= 0.6 is 0 Å². The number of benzene rings is 1. The lowest BCUT2D eigenvalue weighted by atomic mass is 9.92. The van der Waals surface area contributed by atoms with E-state index in [4.69, 9.17) is 0 Å². The predicted molar refractivity (Wildman–Crippen MR) is 59.3 cm³/mol. The summed E-state index contributed by atoms with van der Waals surface area (Å²) < 4.78 is 13.7. The van der Waals surface area contributed by atoms with Crippen molar-refractivity contribution in [2.45, 2.75) is 46.5 Å². The third-order valence-corrected chi connectivity index (χ3v) is 2.60. The molecule has 0 heterocycles. The molecule has 14 heavy (non-hydrogen) atoms. The van der Waals surface area contributed by atoms with Crippen LogP contribution in [0.5, 0.6) is 0 Å². The van der Waals surface area contributed by atoms with Gasteiger partial charge in [0.05, 0.1) is 0 Å². The highest BCUT2D eigenvalue weighted by Gasteiger charge is 2.12. The smallest absolute Gasteiger partial charge is 0.127 e. The van der Waals surface area contributed by atoms with Crippen LogP contribution in [0.2, 0.25) is 0 Å². The summed E-state index contributed by atoms with van der Waals surface area (Å²) in [4.78, 5) is 0. The average Bonchev–Trinajstić information content (AvgIpc) is 2.01. The third-order valence-electron chi connectivity index (χ3n) is 2.60. The lowest BCUT2D eigenvalue weighted by molar-refractivity contribution is 0.591. The van der Waals surface area contributed by atoms with Gasteiger partial charge < -0.3 is 0 Å². The average molecular weight is 194 g/mol. The molecule has 0 aliphatic rings. The summed E-state index contributed by atoms with van der Waals surface area (Å²) in [6.45, 7) is 10.2. The third kappa shape index (κ3) is 2.14. The van der Waals surface area contributed by atoms with Gasteiger partial charge in [0.2, 0.25) is 0 Å². The monoisotopic (exact) mass is 194 g/mol. The van der Waals surface area contributed by atoms with Gasteiger partial charge in [-0.05, 0) is 41.5 Å².